The maximum absolute atomic E-state index is 12.0. The van der Waals surface area contributed by atoms with E-state index in [0.717, 1.165) is 24.1 Å². The van der Waals surface area contributed by atoms with Gasteiger partial charge in [-0.2, -0.15) is 5.10 Å². The second-order valence-electron chi connectivity index (χ2n) is 6.51. The van der Waals surface area contributed by atoms with E-state index in [2.05, 4.69) is 5.10 Å². The van der Waals surface area contributed by atoms with Crippen molar-refractivity contribution in [1.82, 2.24) is 9.78 Å². The van der Waals surface area contributed by atoms with Crippen LogP contribution < -0.4 is 0 Å². The number of hydrogen-bond donors (Lipinski definition) is 1. The first kappa shape index (κ1) is 16.0. The molecule has 1 heterocycles. The minimum absolute atomic E-state index is 0.125. The van der Waals surface area contributed by atoms with E-state index in [4.69, 9.17) is 4.74 Å². The van der Waals surface area contributed by atoms with E-state index < -0.39 is 5.97 Å². The zero-order chi connectivity index (χ0) is 16.4. The van der Waals surface area contributed by atoms with Crippen LogP contribution in [0.3, 0.4) is 0 Å². The van der Waals surface area contributed by atoms with E-state index in [0.29, 0.717) is 31.9 Å². The Balaban J connectivity index is 1.90. The van der Waals surface area contributed by atoms with Gasteiger partial charge in [0.15, 0.2) is 5.69 Å². The highest BCUT2D eigenvalue weighted by molar-refractivity contribution is 5.88. The molecule has 126 valence electrons. The van der Waals surface area contributed by atoms with Crippen LogP contribution in [0.15, 0.2) is 0 Å². The fraction of sp³-hybridized carbons (Fsp3) is 0.706. The zero-order valence-corrected chi connectivity index (χ0v) is 13.6. The van der Waals surface area contributed by atoms with E-state index in [-0.39, 0.29) is 17.6 Å². The van der Waals surface area contributed by atoms with Gasteiger partial charge in [0.1, 0.15) is 0 Å². The van der Waals surface area contributed by atoms with Crippen molar-refractivity contribution in [2.24, 2.45) is 5.92 Å². The highest BCUT2D eigenvalue weighted by atomic mass is 16.5. The number of rotatable bonds is 4. The van der Waals surface area contributed by atoms with E-state index in [1.807, 2.05) is 4.68 Å². The first-order valence-electron chi connectivity index (χ1n) is 8.62. The fourth-order valence-electron chi connectivity index (χ4n) is 3.90. The van der Waals surface area contributed by atoms with Crippen LogP contribution in [0.5, 0.6) is 0 Å². The first-order valence-corrected chi connectivity index (χ1v) is 8.62. The molecule has 0 radical (unpaired) electrons. The molecule has 1 unspecified atom stereocenters. The maximum Gasteiger partial charge on any atom is 0.356 e. The highest BCUT2D eigenvalue weighted by Crippen LogP contribution is 2.35. The van der Waals surface area contributed by atoms with Gasteiger partial charge >= 0.3 is 11.9 Å². The predicted octanol–water partition coefficient (Wildman–Crippen LogP) is 2.75. The van der Waals surface area contributed by atoms with Crippen LogP contribution in [-0.4, -0.2) is 33.4 Å². The third-order valence-electron chi connectivity index (χ3n) is 5.04. The summed E-state index contributed by atoms with van der Waals surface area (Å²) in [5.74, 6) is -1.47. The second-order valence-corrected chi connectivity index (χ2v) is 6.51. The monoisotopic (exact) mass is 320 g/mol. The van der Waals surface area contributed by atoms with Gasteiger partial charge in [-0.25, -0.2) is 4.79 Å². The molecule has 0 aliphatic heterocycles. The number of hydrogen-bond acceptors (Lipinski definition) is 4. The molecule has 2 aliphatic rings. The van der Waals surface area contributed by atoms with E-state index in [1.165, 1.54) is 19.3 Å². The molecule has 2 aliphatic carbocycles. The lowest BCUT2D eigenvalue weighted by molar-refractivity contribution is -0.148. The molecule has 1 atom stereocenters. The van der Waals surface area contributed by atoms with Crippen LogP contribution in [-0.2, 0) is 22.4 Å². The van der Waals surface area contributed by atoms with Gasteiger partial charge in [0, 0.05) is 11.3 Å². The molecule has 0 amide bonds. The molecule has 0 aromatic carbocycles. The number of esters is 1. The Kier molecular flexibility index (Phi) is 4.68. The number of carbonyl (C=O) groups is 2. The standard InChI is InChI=1S/C17H24N2O4/c1-2-23-17(22)11-8-9-14-13(10-11)15(16(20)21)18-19(14)12-6-4-3-5-7-12/h11-12H,2-10H2,1H3,(H,20,21). The largest absolute Gasteiger partial charge is 0.476 e. The topological polar surface area (TPSA) is 81.4 Å². The summed E-state index contributed by atoms with van der Waals surface area (Å²) in [6.07, 6.45) is 7.57. The maximum atomic E-state index is 12.0. The second kappa shape index (κ2) is 6.72. The van der Waals surface area contributed by atoms with Crippen molar-refractivity contribution in [3.63, 3.8) is 0 Å². The summed E-state index contributed by atoms with van der Waals surface area (Å²) in [6.45, 7) is 2.14. The lowest BCUT2D eigenvalue weighted by Crippen LogP contribution is -2.26. The molecular formula is C17H24N2O4. The normalized spacial score (nSPS) is 21.7. The Morgan fingerprint density at radius 2 is 2.00 bits per heavy atom. The number of fused-ring (bicyclic) bond motifs is 1. The Labute approximate surface area is 135 Å². The van der Waals surface area contributed by atoms with Crippen molar-refractivity contribution >= 4 is 11.9 Å². The van der Waals surface area contributed by atoms with Gasteiger partial charge in [-0.3, -0.25) is 9.48 Å². The number of aromatic carboxylic acids is 1. The van der Waals surface area contributed by atoms with Crippen molar-refractivity contribution in [3.05, 3.63) is 17.0 Å². The van der Waals surface area contributed by atoms with Crippen LogP contribution >= 0.6 is 0 Å². The summed E-state index contributed by atoms with van der Waals surface area (Å²) in [4.78, 5) is 23.6. The minimum Gasteiger partial charge on any atom is -0.476 e. The predicted molar refractivity (Wildman–Crippen MR) is 83.5 cm³/mol. The number of nitrogens with zero attached hydrogens (tertiary/aromatic N) is 2. The number of carbonyl (C=O) groups excluding carboxylic acids is 1. The van der Waals surface area contributed by atoms with Gasteiger partial charge in [-0.15, -0.1) is 0 Å². The van der Waals surface area contributed by atoms with Crippen LogP contribution in [0, 0.1) is 5.92 Å². The number of ether oxygens (including phenoxy) is 1. The van der Waals surface area contributed by atoms with Crippen molar-refractivity contribution in [2.45, 2.75) is 64.3 Å². The van der Waals surface area contributed by atoms with E-state index in [1.54, 1.807) is 6.92 Å². The lowest BCUT2D eigenvalue weighted by atomic mass is 9.85. The van der Waals surface area contributed by atoms with Crippen LogP contribution in [0.25, 0.3) is 0 Å². The average Bonchev–Trinajstić information content (AvgIpc) is 2.95. The Morgan fingerprint density at radius 1 is 1.26 bits per heavy atom. The minimum atomic E-state index is -1.000. The quantitative estimate of drug-likeness (QED) is 0.863. The molecule has 1 saturated carbocycles. The molecule has 0 saturated heterocycles. The van der Waals surface area contributed by atoms with Crippen molar-refractivity contribution < 1.29 is 19.4 Å². The summed E-state index contributed by atoms with van der Waals surface area (Å²) in [5.41, 5.74) is 1.89. The average molecular weight is 320 g/mol. The summed E-state index contributed by atoms with van der Waals surface area (Å²) in [5, 5.41) is 13.9. The fourth-order valence-corrected chi connectivity index (χ4v) is 3.90. The van der Waals surface area contributed by atoms with Gasteiger partial charge < -0.3 is 9.84 Å². The van der Waals surface area contributed by atoms with Gasteiger partial charge in [0.25, 0.3) is 0 Å². The molecule has 0 spiro atoms. The SMILES string of the molecule is CCOC(=O)C1CCc2c(c(C(=O)O)nn2C2CCCCC2)C1. The Bertz CT molecular complexity index is 602. The molecule has 1 aromatic heterocycles. The van der Waals surface area contributed by atoms with Crippen LogP contribution in [0.4, 0.5) is 0 Å². The third-order valence-corrected chi connectivity index (χ3v) is 5.04. The Morgan fingerprint density at radius 3 is 2.65 bits per heavy atom. The smallest absolute Gasteiger partial charge is 0.356 e. The molecular weight excluding hydrogens is 296 g/mol. The summed E-state index contributed by atoms with van der Waals surface area (Å²) in [7, 11) is 0. The van der Waals surface area contributed by atoms with Crippen molar-refractivity contribution in [3.8, 4) is 0 Å². The number of carboxylic acids is 1. The summed E-state index contributed by atoms with van der Waals surface area (Å²) in [6, 6.07) is 0.310. The van der Waals surface area contributed by atoms with Crippen molar-refractivity contribution in [2.75, 3.05) is 6.61 Å². The van der Waals surface area contributed by atoms with E-state index in [9.17, 15) is 14.7 Å². The van der Waals surface area contributed by atoms with Gasteiger partial charge in [0.2, 0.25) is 0 Å². The molecule has 6 heteroatoms. The Hall–Kier alpha value is -1.85. The van der Waals surface area contributed by atoms with Gasteiger partial charge in [0.05, 0.1) is 18.6 Å². The molecule has 6 nitrogen and oxygen atoms in total. The number of aromatic nitrogens is 2. The van der Waals surface area contributed by atoms with Gasteiger partial charge in [-0.1, -0.05) is 19.3 Å². The van der Waals surface area contributed by atoms with Crippen LogP contribution in [0.1, 0.15) is 73.2 Å². The zero-order valence-electron chi connectivity index (χ0n) is 13.6. The molecule has 1 N–H and O–H groups in total. The molecule has 1 aromatic rings. The molecule has 23 heavy (non-hydrogen) atoms. The molecule has 3 rings (SSSR count). The lowest BCUT2D eigenvalue weighted by Gasteiger charge is -2.27. The molecule has 1 fully saturated rings. The summed E-state index contributed by atoms with van der Waals surface area (Å²) < 4.78 is 7.06. The summed E-state index contributed by atoms with van der Waals surface area (Å²) >= 11 is 0. The third kappa shape index (κ3) is 3.12. The molecule has 0 bridgehead atoms. The van der Waals surface area contributed by atoms with Crippen molar-refractivity contribution in [1.29, 1.82) is 0 Å². The highest BCUT2D eigenvalue weighted by Gasteiger charge is 2.34. The van der Waals surface area contributed by atoms with Crippen LogP contribution in [0.2, 0.25) is 0 Å². The van der Waals surface area contributed by atoms with Gasteiger partial charge in [-0.05, 0) is 39.0 Å². The van der Waals surface area contributed by atoms with E-state index >= 15 is 0 Å². The first-order chi connectivity index (χ1) is 11.1. The number of carboxylic acid groups (broad SMARTS) is 1.